The van der Waals surface area contributed by atoms with Gasteiger partial charge < -0.3 is 19.9 Å². The van der Waals surface area contributed by atoms with Gasteiger partial charge in [-0.25, -0.2) is 14.6 Å². The van der Waals surface area contributed by atoms with Gasteiger partial charge in [0.1, 0.15) is 25.2 Å². The Morgan fingerprint density at radius 1 is 0.806 bits per heavy atom. The van der Waals surface area contributed by atoms with E-state index in [4.69, 9.17) is 15.3 Å². The highest BCUT2D eigenvalue weighted by atomic mass is 16.4. The summed E-state index contributed by atoms with van der Waals surface area (Å²) in [6.45, 7) is -2.54. The fourth-order valence-corrected chi connectivity index (χ4v) is 3.20. The molecule has 0 radical (unpaired) electrons. The minimum Gasteiger partial charge on any atom is -0.480 e. The van der Waals surface area contributed by atoms with Crippen molar-refractivity contribution in [1.29, 1.82) is 0 Å². The largest absolute Gasteiger partial charge is 0.480 e. The fourth-order valence-electron chi connectivity index (χ4n) is 3.20. The van der Waals surface area contributed by atoms with Crippen molar-refractivity contribution in [1.82, 2.24) is 14.4 Å². The molecule has 3 N–H and O–H groups in total. The molecule has 0 spiro atoms. The summed E-state index contributed by atoms with van der Waals surface area (Å²) in [6.07, 6.45) is 2.47. The monoisotopic (exact) mass is 429 g/mol. The third-order valence-corrected chi connectivity index (χ3v) is 4.42. The van der Waals surface area contributed by atoms with E-state index in [1.807, 2.05) is 0 Å². The van der Waals surface area contributed by atoms with Crippen LogP contribution >= 0.6 is 0 Å². The molecule has 1 aliphatic heterocycles. The predicted octanol–water partition coefficient (Wildman–Crippen LogP) is 0.0693. The smallest absolute Gasteiger partial charge is 0.335 e. The van der Waals surface area contributed by atoms with Crippen LogP contribution in [0.5, 0.6) is 0 Å². The number of para-hydroxylation sites is 1. The van der Waals surface area contributed by atoms with Crippen molar-refractivity contribution in [2.24, 2.45) is 0 Å². The lowest BCUT2D eigenvalue weighted by Crippen LogP contribution is -2.58. The molecule has 1 aromatic carbocycles. The number of carboxylic acids is 3. The number of imide groups is 2. The van der Waals surface area contributed by atoms with E-state index in [0.29, 0.717) is 10.9 Å². The van der Waals surface area contributed by atoms with Gasteiger partial charge >= 0.3 is 23.9 Å². The zero-order chi connectivity index (χ0) is 22.9. The zero-order valence-electron chi connectivity index (χ0n) is 15.7. The predicted molar refractivity (Wildman–Crippen MR) is 102 cm³/mol. The molecule has 12 nitrogen and oxygen atoms in total. The molecule has 1 aliphatic rings. The Labute approximate surface area is 173 Å². The molecular formula is C19H15N3O9. The molecule has 0 aliphatic carbocycles. The van der Waals surface area contributed by atoms with Crippen LogP contribution < -0.4 is 0 Å². The normalized spacial score (nSPS) is 14.3. The van der Waals surface area contributed by atoms with Crippen LogP contribution in [0, 0.1) is 0 Å². The fraction of sp³-hybridized carbons (Fsp3) is 0.158. The van der Waals surface area contributed by atoms with Crippen LogP contribution in [0.4, 0.5) is 4.79 Å². The van der Waals surface area contributed by atoms with Crippen LogP contribution in [0.2, 0.25) is 0 Å². The standard InChI is InChI=1S/C19H15N3O9/c23-14(24)7-20-6-10(11-3-1-2-4-13(11)20)5-12-17(29)21(8-15(25)26)19(31)22(18(12)30)9-16(27)28/h1-6H,7-9H2,(H,23,24)(H,25,26)(H,27,28). The van der Waals surface area contributed by atoms with Crippen LogP contribution in [0.3, 0.4) is 0 Å². The number of nitrogens with zero attached hydrogens (tertiary/aromatic N) is 3. The van der Waals surface area contributed by atoms with E-state index in [-0.39, 0.29) is 15.4 Å². The summed E-state index contributed by atoms with van der Waals surface area (Å²) >= 11 is 0. The van der Waals surface area contributed by atoms with Gasteiger partial charge in [0.15, 0.2) is 0 Å². The molecule has 3 rings (SSSR count). The van der Waals surface area contributed by atoms with Gasteiger partial charge in [-0.1, -0.05) is 18.2 Å². The number of carboxylic acid groups (broad SMARTS) is 3. The first-order chi connectivity index (χ1) is 14.6. The molecule has 4 amide bonds. The Hall–Kier alpha value is -4.48. The third-order valence-electron chi connectivity index (χ3n) is 4.42. The Morgan fingerprint density at radius 2 is 1.32 bits per heavy atom. The van der Waals surface area contributed by atoms with E-state index in [9.17, 15) is 28.8 Å². The maximum absolute atomic E-state index is 12.7. The third kappa shape index (κ3) is 4.12. The number of carbonyl (C=O) groups excluding carboxylic acids is 3. The number of barbiturate groups is 1. The summed E-state index contributed by atoms with van der Waals surface area (Å²) < 4.78 is 1.37. The molecule has 31 heavy (non-hydrogen) atoms. The second kappa shape index (κ2) is 8.10. The minimum atomic E-state index is -1.54. The highest BCUT2D eigenvalue weighted by Gasteiger charge is 2.43. The van der Waals surface area contributed by atoms with Gasteiger partial charge in [-0.2, -0.15) is 0 Å². The summed E-state index contributed by atoms with van der Waals surface area (Å²) in [5, 5.41) is 27.6. The number of hydrogen-bond acceptors (Lipinski definition) is 6. The number of rotatable bonds is 7. The number of benzene rings is 1. The van der Waals surface area contributed by atoms with Crippen LogP contribution in [0.15, 0.2) is 36.0 Å². The number of amides is 4. The van der Waals surface area contributed by atoms with Crippen molar-refractivity contribution in [2.75, 3.05) is 13.1 Å². The lowest BCUT2D eigenvalue weighted by molar-refractivity contribution is -0.147. The first-order valence-corrected chi connectivity index (χ1v) is 8.72. The quantitative estimate of drug-likeness (QED) is 0.406. The van der Waals surface area contributed by atoms with Crippen molar-refractivity contribution < 1.29 is 44.1 Å². The molecule has 1 fully saturated rings. The molecule has 0 atom stereocenters. The van der Waals surface area contributed by atoms with E-state index in [1.165, 1.54) is 10.8 Å². The van der Waals surface area contributed by atoms with E-state index in [0.717, 1.165) is 6.08 Å². The topological polar surface area (TPSA) is 175 Å². The van der Waals surface area contributed by atoms with Crippen molar-refractivity contribution in [2.45, 2.75) is 6.54 Å². The SMILES string of the molecule is O=C(O)CN1C(=O)C(=Cc2cn(CC(=O)O)c3ccccc23)C(=O)N(CC(=O)O)C1=O. The molecule has 1 saturated heterocycles. The highest BCUT2D eigenvalue weighted by Crippen LogP contribution is 2.26. The highest BCUT2D eigenvalue weighted by molar-refractivity contribution is 6.32. The van der Waals surface area contributed by atoms with Crippen molar-refractivity contribution >= 4 is 52.7 Å². The van der Waals surface area contributed by atoms with E-state index >= 15 is 0 Å². The number of fused-ring (bicyclic) bond motifs is 1. The summed E-state index contributed by atoms with van der Waals surface area (Å²) in [7, 11) is 0. The Kier molecular flexibility index (Phi) is 5.55. The van der Waals surface area contributed by atoms with Crippen molar-refractivity contribution in [3.63, 3.8) is 0 Å². The summed E-state index contributed by atoms with van der Waals surface area (Å²) in [5.74, 6) is -6.61. The van der Waals surface area contributed by atoms with Crippen molar-refractivity contribution in [3.8, 4) is 0 Å². The molecule has 2 aromatic rings. The maximum atomic E-state index is 12.7. The van der Waals surface area contributed by atoms with Gasteiger partial charge in [0, 0.05) is 22.7 Å². The Morgan fingerprint density at radius 3 is 1.84 bits per heavy atom. The molecule has 1 aromatic heterocycles. The molecule has 0 bridgehead atoms. The van der Waals surface area contributed by atoms with Gasteiger partial charge in [-0.3, -0.25) is 24.0 Å². The summed E-state index contributed by atoms with van der Waals surface area (Å²) in [4.78, 5) is 71.6. The first-order valence-electron chi connectivity index (χ1n) is 8.72. The number of hydrogen-bond donors (Lipinski definition) is 3. The van der Waals surface area contributed by atoms with E-state index in [2.05, 4.69) is 0 Å². The number of urea groups is 1. The van der Waals surface area contributed by atoms with E-state index < -0.39 is 61.0 Å². The number of carbonyl (C=O) groups is 6. The molecule has 0 unspecified atom stereocenters. The second-order valence-electron chi connectivity index (χ2n) is 6.53. The van der Waals surface area contributed by atoms with Gasteiger partial charge in [-0.05, 0) is 12.1 Å². The van der Waals surface area contributed by atoms with Gasteiger partial charge in [-0.15, -0.1) is 0 Å². The van der Waals surface area contributed by atoms with Gasteiger partial charge in [0.25, 0.3) is 11.8 Å². The van der Waals surface area contributed by atoms with Crippen molar-refractivity contribution in [3.05, 3.63) is 41.6 Å². The number of aromatic nitrogens is 1. The second-order valence-corrected chi connectivity index (χ2v) is 6.53. The lowest BCUT2D eigenvalue weighted by atomic mass is 10.1. The maximum Gasteiger partial charge on any atom is 0.335 e. The van der Waals surface area contributed by atoms with Crippen LogP contribution in [-0.2, 0) is 30.5 Å². The average molecular weight is 429 g/mol. The zero-order valence-corrected chi connectivity index (χ0v) is 15.7. The molecule has 0 saturated carbocycles. The van der Waals surface area contributed by atoms with Gasteiger partial charge in [0.05, 0.1) is 0 Å². The lowest BCUT2D eigenvalue weighted by Gasteiger charge is -2.32. The molecular weight excluding hydrogens is 414 g/mol. The Balaban J connectivity index is 2.15. The van der Waals surface area contributed by atoms with E-state index in [1.54, 1.807) is 24.3 Å². The minimum absolute atomic E-state index is 0.258. The summed E-state index contributed by atoms with van der Waals surface area (Å²) in [5.41, 5.74) is 0.127. The van der Waals surface area contributed by atoms with Crippen LogP contribution in [0.1, 0.15) is 5.56 Å². The summed E-state index contributed by atoms with van der Waals surface area (Å²) in [6, 6.07) is 5.20. The van der Waals surface area contributed by atoms with Crippen LogP contribution in [0.25, 0.3) is 17.0 Å². The molecule has 2 heterocycles. The average Bonchev–Trinajstić information content (AvgIpc) is 3.02. The molecule has 12 heteroatoms. The first kappa shape index (κ1) is 21.2. The Bertz CT molecular complexity index is 1140. The molecule has 160 valence electrons. The van der Waals surface area contributed by atoms with Crippen LogP contribution in [-0.4, -0.2) is 78.5 Å². The number of aliphatic carboxylic acids is 3. The van der Waals surface area contributed by atoms with Gasteiger partial charge in [0.2, 0.25) is 0 Å².